The molecule has 1 heterocycles. The van der Waals surface area contributed by atoms with Gasteiger partial charge in [-0.05, 0) is 12.8 Å². The van der Waals surface area contributed by atoms with E-state index in [2.05, 4.69) is 6.92 Å². The molecule has 0 aliphatic carbocycles. The fraction of sp³-hybridized carbons (Fsp3) is 0.714. The molecule has 0 bridgehead atoms. The molecule has 0 N–H and O–H groups in total. The zero-order valence-electron chi connectivity index (χ0n) is 5.76. The molecule has 1 atom stereocenters. The van der Waals surface area contributed by atoms with Crippen LogP contribution in [-0.2, 0) is 4.79 Å². The molecule has 1 fully saturated rings. The van der Waals surface area contributed by atoms with Crippen LogP contribution in [0.5, 0.6) is 0 Å². The topological polar surface area (TPSA) is 20.3 Å². The van der Waals surface area contributed by atoms with E-state index in [4.69, 9.17) is 0 Å². The first-order chi connectivity index (χ1) is 4.25. The fourth-order valence-corrected chi connectivity index (χ4v) is 1.20. The predicted octanol–water partition coefficient (Wildman–Crippen LogP) is 0.831. The lowest BCUT2D eigenvalue weighted by Crippen LogP contribution is -2.27. The highest BCUT2D eigenvalue weighted by Gasteiger charge is 2.25. The minimum atomic E-state index is 0.267. The van der Waals surface area contributed by atoms with E-state index >= 15 is 0 Å². The van der Waals surface area contributed by atoms with E-state index in [1.807, 2.05) is 7.05 Å². The average Bonchev–Trinajstić information content (AvgIpc) is 2.15. The van der Waals surface area contributed by atoms with Crippen molar-refractivity contribution in [3.63, 3.8) is 0 Å². The second kappa shape index (κ2) is 2.38. The van der Waals surface area contributed by atoms with E-state index in [0.717, 1.165) is 19.3 Å². The van der Waals surface area contributed by atoms with Gasteiger partial charge in [-0.15, -0.1) is 0 Å². The van der Waals surface area contributed by atoms with Crippen LogP contribution in [0, 0.1) is 6.92 Å². The molecule has 51 valence electrons. The highest BCUT2D eigenvalue weighted by molar-refractivity contribution is 5.78. The highest BCUT2D eigenvalue weighted by Crippen LogP contribution is 2.17. The molecule has 9 heavy (non-hydrogen) atoms. The maximum absolute atomic E-state index is 10.8. The van der Waals surface area contributed by atoms with Crippen LogP contribution >= 0.6 is 0 Å². The molecule has 1 aliphatic rings. The van der Waals surface area contributed by atoms with Crippen molar-refractivity contribution in [3.8, 4) is 0 Å². The van der Waals surface area contributed by atoms with Crippen molar-refractivity contribution in [2.75, 3.05) is 7.05 Å². The van der Waals surface area contributed by atoms with Gasteiger partial charge in [0.15, 0.2) is 0 Å². The molecule has 2 heteroatoms. The molecule has 1 radical (unpaired) electrons. The van der Waals surface area contributed by atoms with Crippen molar-refractivity contribution in [2.45, 2.75) is 25.3 Å². The lowest BCUT2D eigenvalue weighted by atomic mass is 10.2. The zero-order chi connectivity index (χ0) is 6.85. The molecule has 0 spiro atoms. The smallest absolute Gasteiger partial charge is 0.222 e. The third-order valence-electron chi connectivity index (χ3n) is 1.97. The van der Waals surface area contributed by atoms with Gasteiger partial charge in [0.1, 0.15) is 0 Å². The van der Waals surface area contributed by atoms with E-state index in [-0.39, 0.29) is 5.91 Å². The molecule has 1 aliphatic heterocycles. The summed E-state index contributed by atoms with van der Waals surface area (Å²) in [6, 6.07) is 0.414. The van der Waals surface area contributed by atoms with Gasteiger partial charge in [0.25, 0.3) is 0 Å². The summed E-state index contributed by atoms with van der Waals surface area (Å²) in [5, 5.41) is 0. The quantitative estimate of drug-likeness (QED) is 0.509. The number of hydrogen-bond acceptors (Lipinski definition) is 1. The van der Waals surface area contributed by atoms with Gasteiger partial charge >= 0.3 is 0 Å². The maximum atomic E-state index is 10.8. The number of carbonyl (C=O) groups excluding carboxylic acids is 1. The molecule has 0 saturated carbocycles. The van der Waals surface area contributed by atoms with Gasteiger partial charge in [-0.25, -0.2) is 0 Å². The summed E-state index contributed by atoms with van der Waals surface area (Å²) in [6.45, 7) is 3.76. The zero-order valence-corrected chi connectivity index (χ0v) is 5.76. The van der Waals surface area contributed by atoms with Gasteiger partial charge in [-0.1, -0.05) is 6.92 Å². The molecule has 1 rings (SSSR count). The van der Waals surface area contributed by atoms with Crippen molar-refractivity contribution in [1.29, 1.82) is 0 Å². The lowest BCUT2D eigenvalue weighted by molar-refractivity contribution is -0.127. The number of carbonyl (C=O) groups is 1. The number of hydrogen-bond donors (Lipinski definition) is 0. The molecule has 1 unspecified atom stereocenters. The van der Waals surface area contributed by atoms with Gasteiger partial charge in [0, 0.05) is 19.5 Å². The third-order valence-corrected chi connectivity index (χ3v) is 1.97. The average molecular weight is 126 g/mol. The van der Waals surface area contributed by atoms with Crippen molar-refractivity contribution >= 4 is 5.91 Å². The number of nitrogens with zero attached hydrogens (tertiary/aromatic N) is 1. The summed E-state index contributed by atoms with van der Waals surface area (Å²) in [4.78, 5) is 12.6. The van der Waals surface area contributed by atoms with Crippen molar-refractivity contribution in [3.05, 3.63) is 6.92 Å². The molecular weight excluding hydrogens is 114 g/mol. The largest absolute Gasteiger partial charge is 0.343 e. The summed E-state index contributed by atoms with van der Waals surface area (Å²) >= 11 is 0. The third kappa shape index (κ3) is 1.07. The van der Waals surface area contributed by atoms with Crippen molar-refractivity contribution < 1.29 is 4.79 Å². The Morgan fingerprint density at radius 2 is 2.56 bits per heavy atom. The van der Waals surface area contributed by atoms with E-state index in [1.165, 1.54) is 0 Å². The number of amides is 1. The van der Waals surface area contributed by atoms with Gasteiger partial charge in [-0.3, -0.25) is 4.79 Å². The first kappa shape index (κ1) is 6.59. The van der Waals surface area contributed by atoms with Crippen LogP contribution < -0.4 is 0 Å². The Morgan fingerprint density at radius 1 is 1.89 bits per heavy atom. The Labute approximate surface area is 55.8 Å². The van der Waals surface area contributed by atoms with Crippen LogP contribution in [0.15, 0.2) is 0 Å². The predicted molar refractivity (Wildman–Crippen MR) is 35.8 cm³/mol. The standard InChI is InChI=1S/C7H12NO/c1-3-6-4-5-7(9)8(6)2/h6H,1,3-5H2,2H3. The Hall–Kier alpha value is -0.530. The molecule has 2 nitrogen and oxygen atoms in total. The second-order valence-electron chi connectivity index (χ2n) is 2.49. The molecule has 1 amide bonds. The molecular formula is C7H12NO. The van der Waals surface area contributed by atoms with Gasteiger partial charge < -0.3 is 4.90 Å². The first-order valence-corrected chi connectivity index (χ1v) is 3.30. The van der Waals surface area contributed by atoms with Crippen molar-refractivity contribution in [2.24, 2.45) is 0 Å². The number of likely N-dealkylation sites (tertiary alicyclic amines) is 1. The van der Waals surface area contributed by atoms with E-state index in [9.17, 15) is 4.79 Å². The summed E-state index contributed by atoms with van der Waals surface area (Å²) in [6.07, 6.45) is 2.57. The Balaban J connectivity index is 2.51. The van der Waals surface area contributed by atoms with Crippen LogP contribution in [0.4, 0.5) is 0 Å². The molecule has 0 aromatic carbocycles. The van der Waals surface area contributed by atoms with Gasteiger partial charge in [0.2, 0.25) is 5.91 Å². The fourth-order valence-electron chi connectivity index (χ4n) is 1.20. The molecule has 0 aromatic rings. The summed E-state index contributed by atoms with van der Waals surface area (Å²) < 4.78 is 0. The molecule has 1 saturated heterocycles. The van der Waals surface area contributed by atoms with Crippen LogP contribution in [0.3, 0.4) is 0 Å². The lowest BCUT2D eigenvalue weighted by Gasteiger charge is -2.16. The normalized spacial score (nSPS) is 27.6. The monoisotopic (exact) mass is 126 g/mol. The Morgan fingerprint density at radius 3 is 2.78 bits per heavy atom. The summed E-state index contributed by atoms with van der Waals surface area (Å²) in [7, 11) is 1.85. The first-order valence-electron chi connectivity index (χ1n) is 3.30. The van der Waals surface area contributed by atoms with Crippen LogP contribution in [0.2, 0.25) is 0 Å². The van der Waals surface area contributed by atoms with E-state index < -0.39 is 0 Å². The van der Waals surface area contributed by atoms with Gasteiger partial charge in [-0.2, -0.15) is 0 Å². The molecule has 0 aromatic heterocycles. The van der Waals surface area contributed by atoms with E-state index in [0.29, 0.717) is 6.04 Å². The van der Waals surface area contributed by atoms with Crippen LogP contribution in [0.25, 0.3) is 0 Å². The Kier molecular flexibility index (Phi) is 1.74. The Bertz CT molecular complexity index is 122. The van der Waals surface area contributed by atoms with Crippen LogP contribution in [0.1, 0.15) is 19.3 Å². The maximum Gasteiger partial charge on any atom is 0.222 e. The van der Waals surface area contributed by atoms with Crippen LogP contribution in [-0.4, -0.2) is 23.9 Å². The summed E-state index contributed by atoms with van der Waals surface area (Å²) in [5.74, 6) is 0.267. The minimum absolute atomic E-state index is 0.267. The minimum Gasteiger partial charge on any atom is -0.343 e. The highest BCUT2D eigenvalue weighted by atomic mass is 16.2. The van der Waals surface area contributed by atoms with E-state index in [1.54, 1.807) is 4.90 Å². The van der Waals surface area contributed by atoms with Gasteiger partial charge in [0.05, 0.1) is 0 Å². The SMILES string of the molecule is [CH2]CC1CCC(=O)N1C. The van der Waals surface area contributed by atoms with Crippen molar-refractivity contribution in [1.82, 2.24) is 4.90 Å². The summed E-state index contributed by atoms with van der Waals surface area (Å²) in [5.41, 5.74) is 0. The second-order valence-corrected chi connectivity index (χ2v) is 2.49. The number of rotatable bonds is 1.